The maximum Gasteiger partial charge on any atom is 0.0693 e. The minimum atomic E-state index is -0.334. The van der Waals surface area contributed by atoms with Crippen LogP contribution in [0.25, 0.3) is 0 Å². The molecule has 1 heterocycles. The van der Waals surface area contributed by atoms with Crippen LogP contribution in [-0.4, -0.2) is 34.6 Å². The summed E-state index contributed by atoms with van der Waals surface area (Å²) in [5.74, 6) is 0.416. The zero-order valence-electron chi connectivity index (χ0n) is 7.62. The molecule has 0 aromatic heterocycles. The molecule has 2 atom stereocenters. The third-order valence-corrected chi connectivity index (χ3v) is 1.62. The van der Waals surface area contributed by atoms with Crippen molar-refractivity contribution in [3.8, 4) is 0 Å². The lowest BCUT2D eigenvalue weighted by Crippen LogP contribution is -2.40. The third-order valence-electron chi connectivity index (χ3n) is 1.62. The molecule has 3 heteroatoms. The van der Waals surface area contributed by atoms with E-state index in [0.29, 0.717) is 19.0 Å². The fraction of sp³-hybridized carbons (Fsp3) is 1.00. The van der Waals surface area contributed by atoms with Crippen molar-refractivity contribution in [2.75, 3.05) is 13.1 Å². The minimum absolute atomic E-state index is 0.334. The molecule has 0 spiro atoms. The van der Waals surface area contributed by atoms with Gasteiger partial charge in [-0.2, -0.15) is 5.06 Å². The first-order valence-electron chi connectivity index (χ1n) is 4.30. The topological polar surface area (TPSA) is 43.7 Å². The molecule has 1 saturated heterocycles. The second-order valence-corrected chi connectivity index (χ2v) is 2.87. The van der Waals surface area contributed by atoms with Gasteiger partial charge in [-0.3, -0.25) is 0 Å². The van der Waals surface area contributed by atoms with Crippen LogP contribution in [0.1, 0.15) is 27.2 Å². The molecule has 0 aliphatic carbocycles. The summed E-state index contributed by atoms with van der Waals surface area (Å²) in [5, 5.41) is 19.2. The highest BCUT2D eigenvalue weighted by Crippen LogP contribution is 2.13. The van der Waals surface area contributed by atoms with Crippen molar-refractivity contribution in [2.24, 2.45) is 5.92 Å². The Kier molecular flexibility index (Phi) is 5.46. The molecule has 0 aromatic rings. The van der Waals surface area contributed by atoms with E-state index in [4.69, 9.17) is 10.3 Å². The van der Waals surface area contributed by atoms with Crippen LogP contribution >= 0.6 is 0 Å². The number of aliphatic hydroxyl groups excluding tert-OH is 1. The molecule has 68 valence electrons. The van der Waals surface area contributed by atoms with Crippen molar-refractivity contribution < 1.29 is 10.3 Å². The SMILES string of the molecule is CC.CC1CC(O)CN(O)C1. The van der Waals surface area contributed by atoms with Gasteiger partial charge in [0.15, 0.2) is 0 Å². The summed E-state index contributed by atoms with van der Waals surface area (Å²) in [6, 6.07) is 0. The standard InChI is InChI=1S/C6H13NO2.C2H6/c1-5-2-6(8)4-7(9)3-5;1-2/h5-6,8-9H,2-4H2,1H3;1-2H3. The summed E-state index contributed by atoms with van der Waals surface area (Å²) in [7, 11) is 0. The molecule has 0 aromatic carbocycles. The number of β-amino-alcohol motifs (C(OH)–C–C–N with tert-alkyl or cyclic N) is 1. The monoisotopic (exact) mass is 161 g/mol. The van der Waals surface area contributed by atoms with Crippen LogP contribution in [0, 0.1) is 5.92 Å². The van der Waals surface area contributed by atoms with Crippen LogP contribution < -0.4 is 0 Å². The Morgan fingerprint density at radius 2 is 1.82 bits per heavy atom. The fourth-order valence-corrected chi connectivity index (χ4v) is 1.29. The van der Waals surface area contributed by atoms with E-state index in [9.17, 15) is 0 Å². The van der Waals surface area contributed by atoms with E-state index < -0.39 is 0 Å². The lowest BCUT2D eigenvalue weighted by Gasteiger charge is -2.29. The average molecular weight is 161 g/mol. The molecular formula is C8H19NO2. The molecule has 0 saturated carbocycles. The zero-order valence-corrected chi connectivity index (χ0v) is 7.62. The van der Waals surface area contributed by atoms with Crippen LogP contribution in [0.5, 0.6) is 0 Å². The first-order valence-corrected chi connectivity index (χ1v) is 4.30. The predicted octanol–water partition coefficient (Wildman–Crippen LogP) is 1.10. The predicted molar refractivity (Wildman–Crippen MR) is 44.5 cm³/mol. The van der Waals surface area contributed by atoms with Crippen molar-refractivity contribution in [2.45, 2.75) is 33.3 Å². The molecule has 2 unspecified atom stereocenters. The Balaban J connectivity index is 0.000000461. The van der Waals surface area contributed by atoms with E-state index in [0.717, 1.165) is 6.42 Å². The number of hydroxylamine groups is 2. The molecule has 1 rings (SSSR count). The van der Waals surface area contributed by atoms with Crippen molar-refractivity contribution >= 4 is 0 Å². The molecule has 0 bridgehead atoms. The van der Waals surface area contributed by atoms with E-state index in [1.165, 1.54) is 5.06 Å². The quantitative estimate of drug-likeness (QED) is 0.559. The number of hydrogen-bond donors (Lipinski definition) is 2. The van der Waals surface area contributed by atoms with Crippen molar-refractivity contribution in [3.05, 3.63) is 0 Å². The molecule has 0 radical (unpaired) electrons. The zero-order chi connectivity index (χ0) is 8.85. The van der Waals surface area contributed by atoms with Crippen LogP contribution in [0.2, 0.25) is 0 Å². The van der Waals surface area contributed by atoms with E-state index in [1.807, 2.05) is 20.8 Å². The third kappa shape index (κ3) is 4.35. The smallest absolute Gasteiger partial charge is 0.0693 e. The van der Waals surface area contributed by atoms with Gasteiger partial charge in [-0.05, 0) is 12.3 Å². The summed E-state index contributed by atoms with van der Waals surface area (Å²) in [4.78, 5) is 0. The van der Waals surface area contributed by atoms with Gasteiger partial charge in [0.25, 0.3) is 0 Å². The largest absolute Gasteiger partial charge is 0.392 e. The molecule has 2 N–H and O–H groups in total. The first-order chi connectivity index (χ1) is 5.18. The second-order valence-electron chi connectivity index (χ2n) is 2.87. The van der Waals surface area contributed by atoms with E-state index in [2.05, 4.69) is 0 Å². The van der Waals surface area contributed by atoms with Crippen molar-refractivity contribution in [3.63, 3.8) is 0 Å². The molecule has 3 nitrogen and oxygen atoms in total. The molecule has 1 aliphatic heterocycles. The summed E-state index contributed by atoms with van der Waals surface area (Å²) in [6.45, 7) is 7.12. The number of hydrogen-bond acceptors (Lipinski definition) is 3. The maximum absolute atomic E-state index is 9.05. The lowest BCUT2D eigenvalue weighted by molar-refractivity contribution is -0.145. The van der Waals surface area contributed by atoms with Gasteiger partial charge < -0.3 is 10.3 Å². The summed E-state index contributed by atoms with van der Waals surface area (Å²) in [5.41, 5.74) is 0. The van der Waals surface area contributed by atoms with Crippen molar-refractivity contribution in [1.29, 1.82) is 0 Å². The average Bonchev–Trinajstić information content (AvgIpc) is 1.88. The van der Waals surface area contributed by atoms with Crippen LogP contribution in [0.4, 0.5) is 0 Å². The minimum Gasteiger partial charge on any atom is -0.392 e. The molecule has 1 fully saturated rings. The molecule has 0 amide bonds. The second kappa shape index (κ2) is 5.52. The Hall–Kier alpha value is -0.120. The maximum atomic E-state index is 9.05. The Bertz CT molecular complexity index is 73.1. The number of aliphatic hydroxyl groups is 1. The molecule has 1 aliphatic rings. The lowest BCUT2D eigenvalue weighted by atomic mass is 10.00. The van der Waals surface area contributed by atoms with Gasteiger partial charge in [0.1, 0.15) is 0 Å². The Morgan fingerprint density at radius 1 is 1.27 bits per heavy atom. The van der Waals surface area contributed by atoms with Crippen LogP contribution in [0.3, 0.4) is 0 Å². The van der Waals surface area contributed by atoms with Crippen molar-refractivity contribution in [1.82, 2.24) is 5.06 Å². The summed E-state index contributed by atoms with van der Waals surface area (Å²) in [6.07, 6.45) is 0.482. The van der Waals surface area contributed by atoms with E-state index in [-0.39, 0.29) is 6.10 Å². The number of rotatable bonds is 0. The highest BCUT2D eigenvalue weighted by Gasteiger charge is 2.20. The van der Waals surface area contributed by atoms with Gasteiger partial charge in [0.05, 0.1) is 6.10 Å². The Morgan fingerprint density at radius 3 is 2.18 bits per heavy atom. The number of piperidine rings is 1. The van der Waals surface area contributed by atoms with Gasteiger partial charge in [-0.25, -0.2) is 0 Å². The van der Waals surface area contributed by atoms with Gasteiger partial charge in [-0.15, -0.1) is 0 Å². The van der Waals surface area contributed by atoms with Gasteiger partial charge in [-0.1, -0.05) is 20.8 Å². The summed E-state index contributed by atoms with van der Waals surface area (Å²) < 4.78 is 0. The van der Waals surface area contributed by atoms with Gasteiger partial charge in [0, 0.05) is 13.1 Å². The number of nitrogens with zero attached hydrogens (tertiary/aromatic N) is 1. The normalized spacial score (nSPS) is 32.5. The first kappa shape index (κ1) is 10.9. The highest BCUT2D eigenvalue weighted by atomic mass is 16.5. The fourth-order valence-electron chi connectivity index (χ4n) is 1.29. The Labute approximate surface area is 68.6 Å². The van der Waals surface area contributed by atoms with Crippen LogP contribution in [-0.2, 0) is 0 Å². The van der Waals surface area contributed by atoms with Gasteiger partial charge >= 0.3 is 0 Å². The van der Waals surface area contributed by atoms with E-state index >= 15 is 0 Å². The molecule has 11 heavy (non-hydrogen) atoms. The van der Waals surface area contributed by atoms with Gasteiger partial charge in [0.2, 0.25) is 0 Å². The van der Waals surface area contributed by atoms with Crippen LogP contribution in [0.15, 0.2) is 0 Å². The van der Waals surface area contributed by atoms with E-state index in [1.54, 1.807) is 0 Å². The summed E-state index contributed by atoms with van der Waals surface area (Å²) >= 11 is 0. The highest BCUT2D eigenvalue weighted by molar-refractivity contribution is 4.70. The molecular weight excluding hydrogens is 142 g/mol.